The predicted molar refractivity (Wildman–Crippen MR) is 74.6 cm³/mol. The summed E-state index contributed by atoms with van der Waals surface area (Å²) in [5, 5.41) is 10.5. The van der Waals surface area contributed by atoms with E-state index in [0.717, 1.165) is 6.07 Å². The summed E-state index contributed by atoms with van der Waals surface area (Å²) in [6.07, 6.45) is -4.99. The number of alkyl halides is 3. The number of nitrogens with zero attached hydrogens (tertiary/aromatic N) is 1. The van der Waals surface area contributed by atoms with Crippen LogP contribution in [0.15, 0.2) is 36.4 Å². The Hall–Kier alpha value is -2.48. The summed E-state index contributed by atoms with van der Waals surface area (Å²) in [6.45, 7) is 0. The molecule has 9 heteroatoms. The smallest absolute Gasteiger partial charge is 0.405 e. The van der Waals surface area contributed by atoms with Crippen molar-refractivity contribution in [1.82, 2.24) is 0 Å². The molecule has 2 rings (SSSR count). The van der Waals surface area contributed by atoms with Crippen LogP contribution in [0.2, 0.25) is 5.02 Å². The van der Waals surface area contributed by atoms with Crippen LogP contribution in [0.4, 0.5) is 24.5 Å². The lowest BCUT2D eigenvalue weighted by atomic mass is 10.0. The molecule has 0 amide bonds. The van der Waals surface area contributed by atoms with Gasteiger partial charge in [-0.3, -0.25) is 10.1 Å². The summed E-state index contributed by atoms with van der Waals surface area (Å²) in [5.41, 5.74) is 4.21. The van der Waals surface area contributed by atoms with E-state index in [9.17, 15) is 23.3 Å². The van der Waals surface area contributed by atoms with Gasteiger partial charge in [0.2, 0.25) is 0 Å². The van der Waals surface area contributed by atoms with Gasteiger partial charge < -0.3 is 10.5 Å². The van der Waals surface area contributed by atoms with Gasteiger partial charge in [-0.05, 0) is 5.56 Å². The zero-order valence-electron chi connectivity index (χ0n) is 10.7. The number of rotatable bonds is 3. The maximum atomic E-state index is 12.5. The lowest BCUT2D eigenvalue weighted by Crippen LogP contribution is -2.18. The highest BCUT2D eigenvalue weighted by atomic mass is 35.5. The van der Waals surface area contributed by atoms with Gasteiger partial charge in [0.1, 0.15) is 16.5 Å². The molecule has 0 heterocycles. The maximum absolute atomic E-state index is 12.5. The van der Waals surface area contributed by atoms with Crippen molar-refractivity contribution < 1.29 is 22.8 Å². The molecule has 22 heavy (non-hydrogen) atoms. The van der Waals surface area contributed by atoms with Gasteiger partial charge in [0.25, 0.3) is 0 Å². The van der Waals surface area contributed by atoms with E-state index >= 15 is 0 Å². The molecule has 0 aliphatic rings. The molecule has 0 aliphatic carbocycles. The molecular formula is C13H8ClF3N2O3. The average molecular weight is 333 g/mol. The lowest BCUT2D eigenvalue weighted by Gasteiger charge is -2.16. The van der Waals surface area contributed by atoms with Gasteiger partial charge in [0.15, 0.2) is 0 Å². The zero-order chi connectivity index (χ0) is 16.5. The van der Waals surface area contributed by atoms with E-state index in [1.54, 1.807) is 18.2 Å². The molecule has 5 nitrogen and oxygen atoms in total. The molecule has 116 valence electrons. The molecule has 0 aromatic heterocycles. The van der Waals surface area contributed by atoms with Crippen LogP contribution in [0.3, 0.4) is 0 Å². The molecule has 0 saturated carbocycles. The van der Waals surface area contributed by atoms with Crippen LogP contribution >= 0.6 is 11.6 Å². The van der Waals surface area contributed by atoms with Crippen LogP contribution < -0.4 is 10.5 Å². The van der Waals surface area contributed by atoms with Crippen molar-refractivity contribution in [1.29, 1.82) is 0 Å². The molecule has 0 fully saturated rings. The number of anilines is 1. The molecule has 0 aliphatic heterocycles. The van der Waals surface area contributed by atoms with Crippen molar-refractivity contribution in [3.05, 3.63) is 51.5 Å². The lowest BCUT2D eigenvalue weighted by molar-refractivity contribution is -0.383. The van der Waals surface area contributed by atoms with E-state index in [1.807, 2.05) is 0 Å². The Morgan fingerprint density at radius 2 is 1.82 bits per heavy atom. The topological polar surface area (TPSA) is 78.4 Å². The fourth-order valence-corrected chi connectivity index (χ4v) is 2.28. The SMILES string of the molecule is Nc1cc(OC(F)(F)F)c(-c2ccccc2)c(Cl)c1[N+](=O)[O-]. The van der Waals surface area contributed by atoms with E-state index in [0.29, 0.717) is 0 Å². The average Bonchev–Trinajstić information content (AvgIpc) is 2.36. The Labute approximate surface area is 127 Å². The highest BCUT2D eigenvalue weighted by Crippen LogP contribution is 2.46. The van der Waals surface area contributed by atoms with Gasteiger partial charge in [0.05, 0.1) is 4.92 Å². The second-order valence-corrected chi connectivity index (χ2v) is 4.55. The first-order chi connectivity index (χ1) is 10.2. The number of nitrogens with two attached hydrogens (primary N) is 1. The Balaban J connectivity index is 2.76. The third-order valence-corrected chi connectivity index (χ3v) is 3.07. The number of benzene rings is 2. The Kier molecular flexibility index (Phi) is 4.14. The summed E-state index contributed by atoms with van der Waals surface area (Å²) < 4.78 is 41.5. The van der Waals surface area contributed by atoms with E-state index < -0.39 is 33.4 Å². The van der Waals surface area contributed by atoms with Crippen LogP contribution in [0.5, 0.6) is 5.75 Å². The molecule has 0 saturated heterocycles. The number of nitrogen functional groups attached to an aromatic ring is 1. The number of ether oxygens (including phenoxy) is 1. The van der Waals surface area contributed by atoms with Gasteiger partial charge in [-0.1, -0.05) is 41.9 Å². The standard InChI is InChI=1S/C13H8ClF3N2O3/c14-11-10(7-4-2-1-3-5-7)9(22-13(15,16)17)6-8(18)12(11)19(20)21/h1-6H,18H2. The predicted octanol–water partition coefficient (Wildman–Crippen LogP) is 4.40. The number of hydrogen-bond acceptors (Lipinski definition) is 4. The monoisotopic (exact) mass is 332 g/mol. The Morgan fingerprint density at radius 1 is 1.23 bits per heavy atom. The van der Waals surface area contributed by atoms with Crippen molar-refractivity contribution in [3.8, 4) is 16.9 Å². The van der Waals surface area contributed by atoms with Crippen LogP contribution in [0.25, 0.3) is 11.1 Å². The highest BCUT2D eigenvalue weighted by molar-refractivity contribution is 6.36. The van der Waals surface area contributed by atoms with Gasteiger partial charge in [-0.15, -0.1) is 13.2 Å². The van der Waals surface area contributed by atoms with Crippen molar-refractivity contribution in [2.24, 2.45) is 0 Å². The Morgan fingerprint density at radius 3 is 2.32 bits per heavy atom. The van der Waals surface area contributed by atoms with Gasteiger partial charge in [-0.2, -0.15) is 0 Å². The first-order valence-corrected chi connectivity index (χ1v) is 6.16. The molecule has 0 unspecified atom stereocenters. The zero-order valence-corrected chi connectivity index (χ0v) is 11.5. The number of hydrogen-bond donors (Lipinski definition) is 1. The normalized spacial score (nSPS) is 11.3. The minimum absolute atomic E-state index is 0.231. The van der Waals surface area contributed by atoms with E-state index in [-0.39, 0.29) is 11.1 Å². The molecular weight excluding hydrogens is 325 g/mol. The molecule has 2 N–H and O–H groups in total. The third kappa shape index (κ3) is 3.22. The summed E-state index contributed by atoms with van der Waals surface area (Å²) in [4.78, 5) is 10.1. The van der Waals surface area contributed by atoms with Crippen molar-refractivity contribution in [3.63, 3.8) is 0 Å². The summed E-state index contributed by atoms with van der Waals surface area (Å²) in [7, 11) is 0. The molecule has 2 aromatic carbocycles. The minimum Gasteiger partial charge on any atom is -0.405 e. The molecule has 0 bridgehead atoms. The van der Waals surface area contributed by atoms with Crippen molar-refractivity contribution in [2.75, 3.05) is 5.73 Å². The fourth-order valence-electron chi connectivity index (χ4n) is 1.90. The van der Waals surface area contributed by atoms with Gasteiger partial charge in [-0.25, -0.2) is 0 Å². The molecule has 0 radical (unpaired) electrons. The van der Waals surface area contributed by atoms with Crippen LogP contribution in [-0.2, 0) is 0 Å². The van der Waals surface area contributed by atoms with E-state index in [2.05, 4.69) is 4.74 Å². The first-order valence-electron chi connectivity index (χ1n) is 5.78. The molecule has 2 aromatic rings. The number of nitro groups is 1. The van der Waals surface area contributed by atoms with Gasteiger partial charge >= 0.3 is 12.0 Å². The van der Waals surface area contributed by atoms with E-state index in [1.165, 1.54) is 12.1 Å². The second-order valence-electron chi connectivity index (χ2n) is 4.17. The number of nitro benzene ring substituents is 1. The summed E-state index contributed by atoms with van der Waals surface area (Å²) in [5.74, 6) is -0.702. The third-order valence-electron chi connectivity index (χ3n) is 2.70. The molecule has 0 spiro atoms. The fraction of sp³-hybridized carbons (Fsp3) is 0.0769. The first kappa shape index (κ1) is 15.9. The Bertz CT molecular complexity index is 721. The second kappa shape index (κ2) is 5.72. The van der Waals surface area contributed by atoms with Crippen LogP contribution in [-0.4, -0.2) is 11.3 Å². The van der Waals surface area contributed by atoms with Crippen molar-refractivity contribution >= 4 is 23.0 Å². The van der Waals surface area contributed by atoms with Crippen LogP contribution in [0.1, 0.15) is 0 Å². The van der Waals surface area contributed by atoms with E-state index in [4.69, 9.17) is 17.3 Å². The maximum Gasteiger partial charge on any atom is 0.573 e. The summed E-state index contributed by atoms with van der Waals surface area (Å²) >= 11 is 5.91. The number of halogens is 4. The van der Waals surface area contributed by atoms with Crippen molar-refractivity contribution in [2.45, 2.75) is 6.36 Å². The van der Waals surface area contributed by atoms with Gasteiger partial charge in [0, 0.05) is 11.6 Å². The quantitative estimate of drug-likeness (QED) is 0.513. The minimum atomic E-state index is -4.99. The molecule has 0 atom stereocenters. The highest BCUT2D eigenvalue weighted by Gasteiger charge is 2.35. The van der Waals surface area contributed by atoms with Crippen LogP contribution in [0, 0.1) is 10.1 Å². The largest absolute Gasteiger partial charge is 0.573 e. The summed E-state index contributed by atoms with van der Waals surface area (Å²) in [6, 6.07) is 8.36.